The van der Waals surface area contributed by atoms with Gasteiger partial charge in [0.15, 0.2) is 11.5 Å². The first kappa shape index (κ1) is 16.8. The number of ether oxygens (including phenoxy) is 2. The van der Waals surface area contributed by atoms with E-state index in [1.165, 1.54) is 0 Å². The third-order valence-corrected chi connectivity index (χ3v) is 2.68. The highest BCUT2D eigenvalue weighted by molar-refractivity contribution is 5.76. The fourth-order valence-corrected chi connectivity index (χ4v) is 1.81. The first-order valence-corrected chi connectivity index (χ1v) is 7.12. The summed E-state index contributed by atoms with van der Waals surface area (Å²) in [5, 5.41) is 10.9. The second-order valence-electron chi connectivity index (χ2n) is 4.82. The summed E-state index contributed by atoms with van der Waals surface area (Å²) in [6, 6.07) is 7.58. The zero-order chi connectivity index (χ0) is 15.7. The predicted molar refractivity (Wildman–Crippen MR) is 80.3 cm³/mol. The molecule has 1 aromatic rings. The summed E-state index contributed by atoms with van der Waals surface area (Å²) >= 11 is 0. The molecule has 114 valence electrons. The minimum Gasteiger partial charge on any atom is -0.490 e. The predicted octanol–water partition coefficient (Wildman–Crippen LogP) is 2.44. The van der Waals surface area contributed by atoms with Crippen molar-refractivity contribution in [2.24, 2.45) is 0 Å². The Morgan fingerprint density at radius 2 is 2.14 bits per heavy atom. The van der Waals surface area contributed by atoms with E-state index in [4.69, 9.17) is 14.7 Å². The third kappa shape index (κ3) is 6.17. The molecule has 0 unspecified atom stereocenters. The molecule has 1 amide bonds. The molecule has 0 aromatic heterocycles. The molecule has 1 rings (SSSR count). The Balaban J connectivity index is 2.69. The van der Waals surface area contributed by atoms with Crippen LogP contribution < -0.4 is 14.8 Å². The van der Waals surface area contributed by atoms with Crippen LogP contribution in [0, 0.1) is 11.3 Å². The average Bonchev–Trinajstić information content (AvgIpc) is 2.45. The molecule has 5 nitrogen and oxygen atoms in total. The molecule has 0 fully saturated rings. The molecule has 1 aromatic carbocycles. The van der Waals surface area contributed by atoms with Crippen LogP contribution in [0.25, 0.3) is 0 Å². The molecule has 0 spiro atoms. The van der Waals surface area contributed by atoms with Crippen LogP contribution in [0.2, 0.25) is 0 Å². The molecule has 0 aliphatic rings. The lowest BCUT2D eigenvalue weighted by Gasteiger charge is -2.15. The van der Waals surface area contributed by atoms with Crippen LogP contribution in [0.4, 0.5) is 0 Å². The van der Waals surface area contributed by atoms with Crippen molar-refractivity contribution in [2.45, 2.75) is 39.7 Å². The van der Waals surface area contributed by atoms with Gasteiger partial charge in [0, 0.05) is 6.42 Å². The highest BCUT2D eigenvalue weighted by Gasteiger charge is 2.09. The van der Waals surface area contributed by atoms with Crippen LogP contribution in [0.15, 0.2) is 18.2 Å². The van der Waals surface area contributed by atoms with Crippen LogP contribution in [0.3, 0.4) is 0 Å². The van der Waals surface area contributed by atoms with Crippen molar-refractivity contribution in [3.63, 3.8) is 0 Å². The van der Waals surface area contributed by atoms with Gasteiger partial charge in [0.05, 0.1) is 18.8 Å². The third-order valence-electron chi connectivity index (χ3n) is 2.68. The lowest BCUT2D eigenvalue weighted by Crippen LogP contribution is -2.23. The van der Waals surface area contributed by atoms with Gasteiger partial charge in [0.25, 0.3) is 0 Å². The Kier molecular flexibility index (Phi) is 7.10. The van der Waals surface area contributed by atoms with E-state index in [2.05, 4.69) is 5.32 Å². The zero-order valence-corrected chi connectivity index (χ0v) is 12.8. The number of hydrogen-bond donors (Lipinski definition) is 1. The standard InChI is InChI=1S/C16H22N2O3/c1-4-20-15-11-13(5-7-14(15)21-12(2)3)6-8-16(19)18-10-9-17/h5,7,11-12H,4,6,8,10H2,1-3H3,(H,18,19). The number of hydrogen-bond acceptors (Lipinski definition) is 4. The van der Waals surface area contributed by atoms with Gasteiger partial charge in [-0.15, -0.1) is 0 Å². The van der Waals surface area contributed by atoms with Crippen molar-refractivity contribution in [1.82, 2.24) is 5.32 Å². The number of nitriles is 1. The molecule has 0 heterocycles. The van der Waals surface area contributed by atoms with Gasteiger partial charge in [-0.25, -0.2) is 0 Å². The van der Waals surface area contributed by atoms with Crippen molar-refractivity contribution in [2.75, 3.05) is 13.2 Å². The Morgan fingerprint density at radius 3 is 2.76 bits per heavy atom. The highest BCUT2D eigenvalue weighted by Crippen LogP contribution is 2.29. The second kappa shape index (κ2) is 8.85. The van der Waals surface area contributed by atoms with Crippen LogP contribution in [-0.4, -0.2) is 25.2 Å². The largest absolute Gasteiger partial charge is 0.490 e. The summed E-state index contributed by atoms with van der Waals surface area (Å²) < 4.78 is 11.3. The van der Waals surface area contributed by atoms with Crippen LogP contribution in [0.1, 0.15) is 32.8 Å². The van der Waals surface area contributed by atoms with E-state index in [0.717, 1.165) is 5.56 Å². The SMILES string of the molecule is CCOc1cc(CCC(=O)NCC#N)ccc1OC(C)C. The van der Waals surface area contributed by atoms with E-state index in [1.807, 2.05) is 45.0 Å². The Morgan fingerprint density at radius 1 is 1.38 bits per heavy atom. The molecule has 0 bridgehead atoms. The Hall–Kier alpha value is -2.22. The molecule has 0 aliphatic carbocycles. The van der Waals surface area contributed by atoms with Gasteiger partial charge in [-0.1, -0.05) is 6.07 Å². The van der Waals surface area contributed by atoms with Gasteiger partial charge in [-0.2, -0.15) is 5.26 Å². The molecular formula is C16H22N2O3. The van der Waals surface area contributed by atoms with E-state index < -0.39 is 0 Å². The number of nitrogens with one attached hydrogen (secondary N) is 1. The van der Waals surface area contributed by atoms with E-state index in [1.54, 1.807) is 0 Å². The maximum atomic E-state index is 11.5. The number of rotatable bonds is 8. The summed E-state index contributed by atoms with van der Waals surface area (Å²) in [6.45, 7) is 6.44. The van der Waals surface area contributed by atoms with Crippen molar-refractivity contribution in [3.8, 4) is 17.6 Å². The minimum absolute atomic E-state index is 0.0458. The Labute approximate surface area is 125 Å². The lowest BCUT2D eigenvalue weighted by atomic mass is 10.1. The number of benzene rings is 1. The molecular weight excluding hydrogens is 268 g/mol. The molecule has 21 heavy (non-hydrogen) atoms. The van der Waals surface area contributed by atoms with Gasteiger partial charge in [-0.3, -0.25) is 4.79 Å². The molecule has 0 radical (unpaired) electrons. The number of aryl methyl sites for hydroxylation is 1. The topological polar surface area (TPSA) is 71.3 Å². The maximum absolute atomic E-state index is 11.5. The van der Waals surface area contributed by atoms with Crippen LogP contribution in [0.5, 0.6) is 11.5 Å². The molecule has 0 saturated heterocycles. The van der Waals surface area contributed by atoms with Crippen molar-refractivity contribution < 1.29 is 14.3 Å². The fourth-order valence-electron chi connectivity index (χ4n) is 1.81. The number of amides is 1. The van der Waals surface area contributed by atoms with E-state index in [0.29, 0.717) is 30.9 Å². The minimum atomic E-state index is -0.128. The van der Waals surface area contributed by atoms with Gasteiger partial charge in [-0.05, 0) is 44.9 Å². The number of carbonyl (C=O) groups excluding carboxylic acids is 1. The maximum Gasteiger partial charge on any atom is 0.221 e. The summed E-state index contributed by atoms with van der Waals surface area (Å²) in [5.74, 6) is 1.28. The van der Waals surface area contributed by atoms with E-state index >= 15 is 0 Å². The van der Waals surface area contributed by atoms with Crippen LogP contribution >= 0.6 is 0 Å². The lowest BCUT2D eigenvalue weighted by molar-refractivity contribution is -0.120. The Bertz CT molecular complexity index is 507. The van der Waals surface area contributed by atoms with Gasteiger partial charge in [0.1, 0.15) is 6.54 Å². The summed E-state index contributed by atoms with van der Waals surface area (Å²) in [5.41, 5.74) is 1.00. The molecule has 1 N–H and O–H groups in total. The van der Waals surface area contributed by atoms with Crippen molar-refractivity contribution in [1.29, 1.82) is 5.26 Å². The monoisotopic (exact) mass is 290 g/mol. The normalized spacial score (nSPS) is 10.0. The van der Waals surface area contributed by atoms with Crippen LogP contribution in [-0.2, 0) is 11.2 Å². The van der Waals surface area contributed by atoms with Crippen molar-refractivity contribution >= 4 is 5.91 Å². The molecule has 0 aliphatic heterocycles. The first-order valence-electron chi connectivity index (χ1n) is 7.12. The molecule has 0 saturated carbocycles. The van der Waals surface area contributed by atoms with Crippen molar-refractivity contribution in [3.05, 3.63) is 23.8 Å². The first-order chi connectivity index (χ1) is 10.1. The highest BCUT2D eigenvalue weighted by atomic mass is 16.5. The summed E-state index contributed by atoms with van der Waals surface area (Å²) in [6.07, 6.45) is 1.02. The fraction of sp³-hybridized carbons (Fsp3) is 0.500. The number of nitrogens with zero attached hydrogens (tertiary/aromatic N) is 1. The van der Waals surface area contributed by atoms with E-state index in [-0.39, 0.29) is 18.6 Å². The molecule has 0 atom stereocenters. The quantitative estimate of drug-likeness (QED) is 0.746. The zero-order valence-electron chi connectivity index (χ0n) is 12.8. The summed E-state index contributed by atoms with van der Waals surface area (Å²) in [4.78, 5) is 11.5. The smallest absolute Gasteiger partial charge is 0.221 e. The second-order valence-corrected chi connectivity index (χ2v) is 4.82. The number of carbonyl (C=O) groups is 1. The summed E-state index contributed by atoms with van der Waals surface area (Å²) in [7, 11) is 0. The average molecular weight is 290 g/mol. The van der Waals surface area contributed by atoms with E-state index in [9.17, 15) is 4.79 Å². The van der Waals surface area contributed by atoms with Gasteiger partial charge in [0.2, 0.25) is 5.91 Å². The van der Waals surface area contributed by atoms with Gasteiger partial charge < -0.3 is 14.8 Å². The molecule has 5 heteroatoms. The van der Waals surface area contributed by atoms with Gasteiger partial charge >= 0.3 is 0 Å².